The monoisotopic (exact) mass is 1150 g/mol. The number of piperazine rings is 1. The Morgan fingerprint density at radius 3 is 2.10 bits per heavy atom. The van der Waals surface area contributed by atoms with Gasteiger partial charge in [0.25, 0.3) is 0 Å². The lowest BCUT2D eigenvalue weighted by Gasteiger charge is -2.35. The maximum Gasteiger partial charge on any atom is 0.345 e. The molecule has 4 bridgehead atoms. The van der Waals surface area contributed by atoms with E-state index in [4.69, 9.17) is 75.6 Å². The molecule has 9 rings (SSSR count). The zero-order valence-corrected chi connectivity index (χ0v) is 47.5. The highest BCUT2D eigenvalue weighted by Gasteiger charge is 2.32. The lowest BCUT2D eigenvalue weighted by Crippen LogP contribution is -2.49. The van der Waals surface area contributed by atoms with Crippen LogP contribution in [0.15, 0.2) is 61.1 Å². The van der Waals surface area contributed by atoms with Crippen molar-refractivity contribution < 1.29 is 61.7 Å². The number of ether oxygens (including phenoxy) is 10. The summed E-state index contributed by atoms with van der Waals surface area (Å²) in [5, 5.41) is 12.0. The van der Waals surface area contributed by atoms with Crippen molar-refractivity contribution >= 4 is 56.7 Å². The minimum Gasteiger partial charge on any atom is -0.490 e. The number of halogens is 3. The predicted molar refractivity (Wildman–Crippen MR) is 299 cm³/mol. The fraction of sp³-hybridized carbons (Fsp3) is 0.482. The highest BCUT2D eigenvalue weighted by molar-refractivity contribution is 7.22. The van der Waals surface area contributed by atoms with Gasteiger partial charge in [0.05, 0.1) is 87.2 Å². The van der Waals surface area contributed by atoms with Crippen LogP contribution in [-0.2, 0) is 46.2 Å². The van der Waals surface area contributed by atoms with Crippen molar-refractivity contribution in [1.82, 2.24) is 29.7 Å². The molecule has 2 atom stereocenters. The zero-order valence-electron chi connectivity index (χ0n) is 45.2. The second kappa shape index (κ2) is 29.8. The van der Waals surface area contributed by atoms with Gasteiger partial charge in [-0.05, 0) is 79.5 Å². The van der Waals surface area contributed by atoms with Crippen LogP contribution >= 0.6 is 34.5 Å². The number of rotatable bonds is 26. The van der Waals surface area contributed by atoms with E-state index >= 15 is 0 Å². The largest absolute Gasteiger partial charge is 0.490 e. The fourth-order valence-corrected chi connectivity index (χ4v) is 10.7. The SMILES string of the molecule is COCCOCCOCCN(CCOCCOCCOC)c1nccc(COc2ccc3cc2C[C@H](C(=O)O)Oc2ncnc4sc(-c5ccc(F)cc5)c(c24)-c2c(C)c(Cl)c(c(Cl)c2C)O[C@H](CN2CCN(C)CC2)CO3)n1. The molecule has 6 heterocycles. The number of fused-ring (bicyclic) bond motifs is 7. The average Bonchev–Trinajstić information content (AvgIpc) is 4.12. The summed E-state index contributed by atoms with van der Waals surface area (Å²) in [6.45, 7) is 13.0. The number of hydrogen-bond acceptors (Lipinski definition) is 19. The highest BCUT2D eigenvalue weighted by Crippen LogP contribution is 2.53. The van der Waals surface area contributed by atoms with Gasteiger partial charge in [-0.1, -0.05) is 35.3 Å². The summed E-state index contributed by atoms with van der Waals surface area (Å²) in [5.74, 6) is -0.109. The molecule has 0 aliphatic carbocycles. The first-order valence-electron chi connectivity index (χ1n) is 26.2. The first-order valence-corrected chi connectivity index (χ1v) is 27.7. The van der Waals surface area contributed by atoms with E-state index < -0.39 is 24.0 Å². The summed E-state index contributed by atoms with van der Waals surface area (Å²) in [4.78, 5) is 40.0. The van der Waals surface area contributed by atoms with E-state index in [0.29, 0.717) is 163 Å². The minimum atomic E-state index is -1.50. The van der Waals surface area contributed by atoms with Crippen LogP contribution in [-0.4, -0.2) is 193 Å². The van der Waals surface area contributed by atoms with Gasteiger partial charge in [-0.3, -0.25) is 4.90 Å². The third kappa shape index (κ3) is 16.1. The number of hydrogen-bond donors (Lipinski definition) is 1. The number of anilines is 1. The second-order valence-corrected chi connectivity index (χ2v) is 20.6. The van der Waals surface area contributed by atoms with E-state index in [-0.39, 0.29) is 35.6 Å². The summed E-state index contributed by atoms with van der Waals surface area (Å²) in [7, 11) is 5.35. The molecule has 0 spiro atoms. The molecule has 1 fully saturated rings. The molecule has 3 aliphatic rings. The average molecular weight is 1150 g/mol. The molecule has 0 unspecified atom stereocenters. The van der Waals surface area contributed by atoms with Crippen LogP contribution in [0.2, 0.25) is 10.0 Å². The quantitative estimate of drug-likeness (QED) is 0.0512. The topological polar surface area (TPSA) is 191 Å². The number of carboxylic acids is 1. The molecule has 3 aromatic heterocycles. The van der Waals surface area contributed by atoms with Gasteiger partial charge < -0.3 is 62.3 Å². The number of nitrogens with zero attached hydrogens (tertiary/aromatic N) is 7. The van der Waals surface area contributed by atoms with Crippen molar-refractivity contribution in [2.45, 2.75) is 39.1 Å². The summed E-state index contributed by atoms with van der Waals surface area (Å²) >= 11 is 16.1. The molecular formula is C56H68Cl2FN7O12S. The van der Waals surface area contributed by atoms with Gasteiger partial charge in [-0.2, -0.15) is 0 Å². The minimum absolute atomic E-state index is 0.00484. The number of aromatic nitrogens is 4. The van der Waals surface area contributed by atoms with Crippen LogP contribution in [0.25, 0.3) is 31.8 Å². The van der Waals surface area contributed by atoms with E-state index in [2.05, 4.69) is 31.8 Å². The Bertz CT molecular complexity index is 2890. The molecule has 0 amide bonds. The summed E-state index contributed by atoms with van der Waals surface area (Å²) in [5.41, 5.74) is 4.23. The Labute approximate surface area is 473 Å². The third-order valence-corrected chi connectivity index (χ3v) is 15.4. The van der Waals surface area contributed by atoms with Crippen molar-refractivity contribution in [2.75, 3.05) is 145 Å². The van der Waals surface area contributed by atoms with Crippen LogP contribution in [0.3, 0.4) is 0 Å². The summed E-state index contributed by atoms with van der Waals surface area (Å²) in [6.07, 6.45) is 0.741. The van der Waals surface area contributed by atoms with Crippen molar-refractivity contribution in [3.63, 3.8) is 0 Å². The van der Waals surface area contributed by atoms with Gasteiger partial charge in [-0.15, -0.1) is 11.3 Å². The summed E-state index contributed by atoms with van der Waals surface area (Å²) < 4.78 is 74.0. The van der Waals surface area contributed by atoms with Crippen molar-refractivity contribution in [1.29, 1.82) is 0 Å². The number of likely N-dealkylation sites (N-methyl/N-ethyl adjacent to an activating group) is 1. The Kier molecular flexibility index (Phi) is 22.4. The smallest absolute Gasteiger partial charge is 0.345 e. The maximum atomic E-state index is 14.5. The number of thiophene rings is 1. The van der Waals surface area contributed by atoms with Crippen LogP contribution in [0, 0.1) is 19.7 Å². The van der Waals surface area contributed by atoms with Crippen LogP contribution in [0.4, 0.5) is 10.3 Å². The molecule has 6 aromatic rings. The van der Waals surface area contributed by atoms with Crippen molar-refractivity contribution in [3.05, 3.63) is 99.3 Å². The Hall–Kier alpha value is -5.56. The van der Waals surface area contributed by atoms with Gasteiger partial charge in [0, 0.05) is 88.7 Å². The number of carbonyl (C=O) groups is 1. The number of benzene rings is 3. The van der Waals surface area contributed by atoms with Crippen LogP contribution in [0.1, 0.15) is 22.4 Å². The van der Waals surface area contributed by atoms with Gasteiger partial charge in [0.15, 0.2) is 5.75 Å². The predicted octanol–water partition coefficient (Wildman–Crippen LogP) is 8.08. The normalized spacial score (nSPS) is 16.1. The lowest BCUT2D eigenvalue weighted by molar-refractivity contribution is -0.145. The Balaban J connectivity index is 1.12. The van der Waals surface area contributed by atoms with Gasteiger partial charge in [-0.25, -0.2) is 29.1 Å². The molecule has 0 saturated carbocycles. The first-order chi connectivity index (χ1) is 38.4. The van der Waals surface area contributed by atoms with Gasteiger partial charge in [0.2, 0.25) is 17.9 Å². The molecule has 79 heavy (non-hydrogen) atoms. The molecule has 3 aliphatic heterocycles. The lowest BCUT2D eigenvalue weighted by atomic mass is 9.92. The van der Waals surface area contributed by atoms with Crippen LogP contribution in [0.5, 0.6) is 23.1 Å². The third-order valence-electron chi connectivity index (χ3n) is 13.3. The van der Waals surface area contributed by atoms with Crippen molar-refractivity contribution in [3.8, 4) is 44.7 Å². The first kappa shape index (κ1) is 59.6. The molecule has 3 aromatic carbocycles. The molecule has 19 nitrogen and oxygen atoms in total. The zero-order chi connectivity index (χ0) is 55.7. The van der Waals surface area contributed by atoms with E-state index in [0.717, 1.165) is 26.2 Å². The number of aliphatic carboxylic acids is 1. The van der Waals surface area contributed by atoms with Gasteiger partial charge in [0.1, 0.15) is 47.8 Å². The molecule has 1 saturated heterocycles. The van der Waals surface area contributed by atoms with E-state index in [1.54, 1.807) is 56.8 Å². The van der Waals surface area contributed by atoms with E-state index in [1.165, 1.54) is 29.8 Å². The highest BCUT2D eigenvalue weighted by atomic mass is 35.5. The van der Waals surface area contributed by atoms with E-state index in [1.807, 2.05) is 18.7 Å². The van der Waals surface area contributed by atoms with Crippen molar-refractivity contribution in [2.24, 2.45) is 0 Å². The summed E-state index contributed by atoms with van der Waals surface area (Å²) in [6, 6.07) is 13.1. The van der Waals surface area contributed by atoms with Crippen LogP contribution < -0.4 is 23.8 Å². The molecule has 0 radical (unpaired) electrons. The second-order valence-electron chi connectivity index (χ2n) is 18.9. The Morgan fingerprint density at radius 2 is 1.46 bits per heavy atom. The molecular weight excluding hydrogens is 1080 g/mol. The standard InChI is InChI=1S/C56H68Cl2FN7O12S/c1-36-46-37(2)50(58)51(49(36)57)77-43(32-65-16-14-64(3)15-17-65)34-75-42-10-11-44(39(30-42)31-45(55(67)68)78-53-48-47(46)52(79-54(48)62-35-61-53)38-6-8-40(59)9-7-38)76-33-41-12-13-60-56(63-41)66(18-20-71-26-28-73-24-22-69-4)19-21-72-27-29-74-25-23-70-5/h6-13,30,35,43,45H,14-29,31-34H2,1-5H3,(H,67,68)/t43-,45-/m1/s1. The van der Waals surface area contributed by atoms with Gasteiger partial charge >= 0.3 is 5.97 Å². The Morgan fingerprint density at radius 1 is 0.810 bits per heavy atom. The van der Waals surface area contributed by atoms with E-state index in [9.17, 15) is 14.3 Å². The fourth-order valence-electron chi connectivity index (χ4n) is 9.07. The number of methoxy groups -OCH3 is 2. The molecule has 23 heteroatoms. The molecule has 1 N–H and O–H groups in total. The molecule has 426 valence electrons. The number of carboxylic acid groups (broad SMARTS) is 1. The maximum absolute atomic E-state index is 14.5.